The Hall–Kier alpha value is -3.47. The van der Waals surface area contributed by atoms with Crippen molar-refractivity contribution in [3.8, 4) is 5.75 Å². The number of ether oxygens (including phenoxy) is 1. The monoisotopic (exact) mass is 361 g/mol. The second kappa shape index (κ2) is 8.27. The molecule has 0 spiro atoms. The first-order valence-electron chi connectivity index (χ1n) is 8.61. The van der Waals surface area contributed by atoms with Gasteiger partial charge in [0.15, 0.2) is 5.78 Å². The van der Waals surface area contributed by atoms with Crippen molar-refractivity contribution >= 4 is 23.6 Å². The molecule has 0 bridgehead atoms. The first kappa shape index (κ1) is 18.3. The molecule has 5 nitrogen and oxygen atoms in total. The summed E-state index contributed by atoms with van der Waals surface area (Å²) in [5, 5.41) is 11.1. The second-order valence-corrected chi connectivity index (χ2v) is 6.15. The van der Waals surface area contributed by atoms with Gasteiger partial charge in [-0.25, -0.2) is 0 Å². The fourth-order valence-electron chi connectivity index (χ4n) is 2.96. The Kier molecular flexibility index (Phi) is 5.61. The molecule has 3 rings (SSSR count). The lowest BCUT2D eigenvalue weighted by molar-refractivity contribution is -0.385. The second-order valence-electron chi connectivity index (χ2n) is 6.15. The Morgan fingerprint density at radius 2 is 1.70 bits per heavy atom. The molecule has 0 radical (unpaired) electrons. The molecule has 1 saturated carbocycles. The van der Waals surface area contributed by atoms with Crippen LogP contribution in [0.2, 0.25) is 0 Å². The number of Topliss-reactive ketones (excluding diaryl/α,β-unsaturated/α-hetero) is 1. The summed E-state index contributed by atoms with van der Waals surface area (Å²) in [4.78, 5) is 23.4. The van der Waals surface area contributed by atoms with Gasteiger partial charge in [-0.2, -0.15) is 0 Å². The van der Waals surface area contributed by atoms with E-state index in [0.29, 0.717) is 36.2 Å². The maximum absolute atomic E-state index is 12.7. The summed E-state index contributed by atoms with van der Waals surface area (Å²) in [5.74, 6) is 0.687. The maximum Gasteiger partial charge on any atom is 0.276 e. The summed E-state index contributed by atoms with van der Waals surface area (Å²) in [6, 6.07) is 13.9. The van der Waals surface area contributed by atoms with Gasteiger partial charge in [0.2, 0.25) is 0 Å². The number of hydrogen-bond acceptors (Lipinski definition) is 4. The molecule has 0 unspecified atom stereocenters. The van der Waals surface area contributed by atoms with Gasteiger partial charge in [-0.05, 0) is 48.8 Å². The van der Waals surface area contributed by atoms with Crippen LogP contribution < -0.4 is 4.74 Å². The van der Waals surface area contributed by atoms with Crippen molar-refractivity contribution < 1.29 is 14.5 Å². The van der Waals surface area contributed by atoms with E-state index in [0.717, 1.165) is 11.3 Å². The van der Waals surface area contributed by atoms with Gasteiger partial charge in [-0.15, -0.1) is 0 Å². The van der Waals surface area contributed by atoms with Crippen LogP contribution in [0.3, 0.4) is 0 Å². The fraction of sp³-hybridized carbons (Fsp3) is 0.136. The van der Waals surface area contributed by atoms with E-state index in [9.17, 15) is 14.9 Å². The number of para-hydroxylation sites is 1. The molecule has 0 heterocycles. The van der Waals surface area contributed by atoms with Crippen molar-refractivity contribution in [1.29, 1.82) is 0 Å². The summed E-state index contributed by atoms with van der Waals surface area (Å²) in [6.45, 7) is 4.05. The van der Waals surface area contributed by atoms with Gasteiger partial charge >= 0.3 is 0 Å². The van der Waals surface area contributed by atoms with Gasteiger partial charge in [0.05, 0.1) is 10.5 Å². The normalized spacial score (nSPS) is 16.7. The molecule has 1 aliphatic carbocycles. The molecule has 2 aromatic carbocycles. The molecular weight excluding hydrogens is 342 g/mol. The van der Waals surface area contributed by atoms with Crippen LogP contribution in [0.15, 0.2) is 72.3 Å². The molecule has 0 saturated heterocycles. The Bertz CT molecular complexity index is 939. The number of nitro groups is 1. The highest BCUT2D eigenvalue weighted by Gasteiger charge is 2.24. The first-order chi connectivity index (χ1) is 13.1. The summed E-state index contributed by atoms with van der Waals surface area (Å²) >= 11 is 0. The number of nitrogens with zero attached hydrogens (tertiary/aromatic N) is 1. The molecule has 1 fully saturated rings. The van der Waals surface area contributed by atoms with E-state index in [1.165, 1.54) is 6.07 Å². The molecule has 27 heavy (non-hydrogen) atoms. The number of nitro benzene ring substituents is 1. The maximum atomic E-state index is 12.7. The number of allylic oxidation sites excluding steroid dienone is 2. The van der Waals surface area contributed by atoms with Crippen LogP contribution in [-0.4, -0.2) is 17.3 Å². The number of carbonyl (C=O) groups excluding carboxylic acids is 1. The highest BCUT2D eigenvalue weighted by atomic mass is 16.6. The third-order valence-corrected chi connectivity index (χ3v) is 4.30. The molecule has 0 aromatic heterocycles. The van der Waals surface area contributed by atoms with Gasteiger partial charge in [0.25, 0.3) is 5.69 Å². The largest absolute Gasteiger partial charge is 0.490 e. The minimum Gasteiger partial charge on any atom is -0.490 e. The standard InChI is InChI=1S/C22H19NO4/c1-2-13-27-20-11-7-16(8-12-20)14-18-9-10-19(22(18)24)15-17-5-3-4-6-21(17)23(25)26/h2-8,11-12,14-15H,1,9-10,13H2/b18-14+,19-15+. The average Bonchev–Trinajstić information content (AvgIpc) is 3.01. The van der Waals surface area contributed by atoms with Crippen molar-refractivity contribution in [2.75, 3.05) is 6.61 Å². The number of rotatable bonds is 6. The Balaban J connectivity index is 1.79. The lowest BCUT2D eigenvalue weighted by Gasteiger charge is -2.03. The van der Waals surface area contributed by atoms with Crippen molar-refractivity contribution in [3.05, 3.63) is 93.6 Å². The van der Waals surface area contributed by atoms with Gasteiger partial charge in [-0.1, -0.05) is 36.9 Å². The lowest BCUT2D eigenvalue weighted by atomic mass is 10.1. The predicted molar refractivity (Wildman–Crippen MR) is 105 cm³/mol. The lowest BCUT2D eigenvalue weighted by Crippen LogP contribution is -1.97. The van der Waals surface area contributed by atoms with E-state index in [2.05, 4.69) is 6.58 Å². The summed E-state index contributed by atoms with van der Waals surface area (Å²) < 4.78 is 5.45. The molecule has 0 atom stereocenters. The zero-order valence-corrected chi connectivity index (χ0v) is 14.8. The predicted octanol–water partition coefficient (Wildman–Crippen LogP) is 4.99. The summed E-state index contributed by atoms with van der Waals surface area (Å²) in [5.41, 5.74) is 2.68. The SMILES string of the molecule is C=CCOc1ccc(/C=C2\CC/C(=C\c3ccccc3[N+](=O)[O-])C2=O)cc1. The summed E-state index contributed by atoms with van der Waals surface area (Å²) in [7, 11) is 0. The van der Waals surface area contributed by atoms with Crippen molar-refractivity contribution in [2.24, 2.45) is 0 Å². The number of hydrogen-bond donors (Lipinski definition) is 0. The third kappa shape index (κ3) is 4.39. The van der Waals surface area contributed by atoms with Crippen LogP contribution in [0.5, 0.6) is 5.75 Å². The van der Waals surface area contributed by atoms with E-state index in [1.807, 2.05) is 30.3 Å². The Morgan fingerprint density at radius 1 is 1.04 bits per heavy atom. The van der Waals surface area contributed by atoms with Crippen LogP contribution in [0.4, 0.5) is 5.69 Å². The number of benzene rings is 2. The summed E-state index contributed by atoms with van der Waals surface area (Å²) in [6.07, 6.45) is 6.38. The fourth-order valence-corrected chi connectivity index (χ4v) is 2.96. The van der Waals surface area contributed by atoms with Gasteiger partial charge in [0.1, 0.15) is 12.4 Å². The third-order valence-electron chi connectivity index (χ3n) is 4.30. The Labute approximate surface area is 157 Å². The minimum atomic E-state index is -0.432. The van der Waals surface area contributed by atoms with Crippen molar-refractivity contribution in [3.63, 3.8) is 0 Å². The van der Waals surface area contributed by atoms with E-state index in [4.69, 9.17) is 4.74 Å². The topological polar surface area (TPSA) is 69.4 Å². The van der Waals surface area contributed by atoms with Crippen LogP contribution in [0.1, 0.15) is 24.0 Å². The quantitative estimate of drug-likeness (QED) is 0.315. The highest BCUT2D eigenvalue weighted by molar-refractivity contribution is 6.15. The van der Waals surface area contributed by atoms with Crippen LogP contribution in [0.25, 0.3) is 12.2 Å². The molecule has 0 N–H and O–H groups in total. The van der Waals surface area contributed by atoms with E-state index < -0.39 is 4.92 Å². The highest BCUT2D eigenvalue weighted by Crippen LogP contribution is 2.31. The average molecular weight is 361 g/mol. The van der Waals surface area contributed by atoms with E-state index >= 15 is 0 Å². The van der Waals surface area contributed by atoms with Crippen molar-refractivity contribution in [2.45, 2.75) is 12.8 Å². The molecule has 0 aliphatic heterocycles. The zero-order chi connectivity index (χ0) is 19.2. The van der Waals surface area contributed by atoms with Crippen molar-refractivity contribution in [1.82, 2.24) is 0 Å². The molecule has 5 heteroatoms. The number of carbonyl (C=O) groups is 1. The molecule has 0 amide bonds. The first-order valence-corrected chi connectivity index (χ1v) is 8.61. The van der Waals surface area contributed by atoms with Crippen LogP contribution >= 0.6 is 0 Å². The van der Waals surface area contributed by atoms with Gasteiger partial charge < -0.3 is 4.74 Å². The van der Waals surface area contributed by atoms with E-state index in [-0.39, 0.29) is 11.5 Å². The molecule has 1 aliphatic rings. The van der Waals surface area contributed by atoms with Crippen LogP contribution in [0, 0.1) is 10.1 Å². The number of ketones is 1. The van der Waals surface area contributed by atoms with Gasteiger partial charge in [-0.3, -0.25) is 14.9 Å². The molecule has 2 aromatic rings. The Morgan fingerprint density at radius 3 is 2.37 bits per heavy atom. The minimum absolute atomic E-state index is 0.00495. The van der Waals surface area contributed by atoms with E-state index in [1.54, 1.807) is 30.4 Å². The molecule has 136 valence electrons. The zero-order valence-electron chi connectivity index (χ0n) is 14.8. The van der Waals surface area contributed by atoms with Gasteiger partial charge in [0, 0.05) is 17.2 Å². The smallest absolute Gasteiger partial charge is 0.276 e. The molecular formula is C22H19NO4. The van der Waals surface area contributed by atoms with Crippen LogP contribution in [-0.2, 0) is 4.79 Å².